The molecule has 4 aromatic carbocycles. The number of alkyl halides is 3. The molecular weight excluding hydrogens is 591 g/mol. The second-order valence-corrected chi connectivity index (χ2v) is 13.9. The average Bonchev–Trinajstić information content (AvgIpc) is 3.02. The van der Waals surface area contributed by atoms with E-state index in [4.69, 9.17) is 5.26 Å². The fourth-order valence-electron chi connectivity index (χ4n) is 4.70. The van der Waals surface area contributed by atoms with Gasteiger partial charge in [-0.1, -0.05) is 78.3 Å². The second-order valence-electron chi connectivity index (χ2n) is 11.7. The van der Waals surface area contributed by atoms with Gasteiger partial charge < -0.3 is 0 Å². The van der Waals surface area contributed by atoms with Gasteiger partial charge in [-0.2, -0.15) is 18.4 Å². The Hall–Kier alpha value is -4.77. The van der Waals surface area contributed by atoms with Gasteiger partial charge in [0.1, 0.15) is 5.25 Å². The number of nitrogens with zero attached hydrogens (tertiary/aromatic N) is 1. The Morgan fingerprint density at radius 1 is 0.667 bits per heavy atom. The molecule has 228 valence electrons. The quantitative estimate of drug-likeness (QED) is 0.202. The first-order valence-electron chi connectivity index (χ1n) is 14.2. The first-order valence-corrected chi connectivity index (χ1v) is 15.8. The van der Waals surface area contributed by atoms with Crippen molar-refractivity contribution < 1.29 is 21.6 Å². The zero-order valence-electron chi connectivity index (χ0n) is 25.4. The van der Waals surface area contributed by atoms with E-state index in [0.29, 0.717) is 22.3 Å². The van der Waals surface area contributed by atoms with Crippen molar-refractivity contribution >= 4 is 9.84 Å². The van der Waals surface area contributed by atoms with Crippen molar-refractivity contribution in [2.75, 3.05) is 0 Å². The third kappa shape index (κ3) is 8.04. The lowest BCUT2D eigenvalue weighted by Crippen LogP contribution is -2.19. The van der Waals surface area contributed by atoms with Crippen LogP contribution >= 0.6 is 0 Å². The number of hydrogen-bond donors (Lipinski definition) is 0. The van der Waals surface area contributed by atoms with E-state index in [1.54, 1.807) is 54.6 Å². The van der Waals surface area contributed by atoms with Crippen molar-refractivity contribution in [2.24, 2.45) is 0 Å². The molecule has 0 radical (unpaired) electrons. The minimum absolute atomic E-state index is 0.0564. The maximum Gasteiger partial charge on any atom is 0.416 e. The largest absolute Gasteiger partial charge is 0.416 e. The Morgan fingerprint density at radius 2 is 1.13 bits per heavy atom. The standard InChI is InChI=1S/C38H32F3NO2S/c1-36(2,25-26-37(3,4)32-21-23-33(24-22-32)38(39,40)41)31-19-15-28(16-20-31)9-8-12-35(30-17-13-29(27-42)14-18-30)45(43,44)34-10-6-5-7-11-34/h5-7,10-11,13-24,35H,12H2,1-4H3. The summed E-state index contributed by atoms with van der Waals surface area (Å²) in [6.45, 7) is 7.70. The maximum absolute atomic E-state index is 13.6. The Labute approximate surface area is 263 Å². The molecule has 45 heavy (non-hydrogen) atoms. The molecule has 3 nitrogen and oxygen atoms in total. The summed E-state index contributed by atoms with van der Waals surface area (Å²) < 4.78 is 66.1. The molecule has 0 bridgehead atoms. The Bertz CT molecular complexity index is 1910. The summed E-state index contributed by atoms with van der Waals surface area (Å²) in [5, 5.41) is 8.24. The molecule has 0 aliphatic rings. The van der Waals surface area contributed by atoms with E-state index in [2.05, 4.69) is 29.8 Å². The predicted molar refractivity (Wildman–Crippen MR) is 171 cm³/mol. The number of halogens is 3. The summed E-state index contributed by atoms with van der Waals surface area (Å²) in [6.07, 6.45) is -4.33. The van der Waals surface area contributed by atoms with E-state index in [1.807, 2.05) is 52.0 Å². The fourth-order valence-corrected chi connectivity index (χ4v) is 6.39. The number of nitriles is 1. The van der Waals surface area contributed by atoms with E-state index >= 15 is 0 Å². The second kappa shape index (κ2) is 13.1. The molecule has 0 heterocycles. The maximum atomic E-state index is 13.6. The van der Waals surface area contributed by atoms with E-state index in [1.165, 1.54) is 12.1 Å². The van der Waals surface area contributed by atoms with Crippen molar-refractivity contribution in [2.45, 2.75) is 61.3 Å². The highest BCUT2D eigenvalue weighted by Gasteiger charge is 2.31. The Kier molecular flexibility index (Phi) is 9.62. The zero-order chi connectivity index (χ0) is 32.9. The van der Waals surface area contributed by atoms with Crippen molar-refractivity contribution in [3.05, 3.63) is 137 Å². The SMILES string of the molecule is CC(C)(C#CC(C)(C)c1ccc(C(F)(F)F)cc1)c1ccc(C#CCC(c2ccc(C#N)cc2)S(=O)(=O)c2ccccc2)cc1. The number of rotatable bonds is 6. The summed E-state index contributed by atoms with van der Waals surface area (Å²) in [6, 6.07) is 29.4. The van der Waals surface area contributed by atoms with Crippen LogP contribution in [0.1, 0.15) is 72.7 Å². The van der Waals surface area contributed by atoms with Crippen molar-refractivity contribution in [1.82, 2.24) is 0 Å². The molecule has 0 aliphatic carbocycles. The third-order valence-electron chi connectivity index (χ3n) is 7.61. The van der Waals surface area contributed by atoms with Crippen LogP contribution < -0.4 is 0 Å². The first-order chi connectivity index (χ1) is 21.1. The highest BCUT2D eigenvalue weighted by Crippen LogP contribution is 2.33. The molecule has 7 heteroatoms. The van der Waals surface area contributed by atoms with Gasteiger partial charge in [0.05, 0.1) is 32.9 Å². The van der Waals surface area contributed by atoms with Crippen molar-refractivity contribution in [1.29, 1.82) is 5.26 Å². The van der Waals surface area contributed by atoms with Gasteiger partial charge in [-0.3, -0.25) is 0 Å². The van der Waals surface area contributed by atoms with E-state index in [0.717, 1.165) is 17.7 Å². The Morgan fingerprint density at radius 3 is 1.62 bits per heavy atom. The van der Waals surface area contributed by atoms with Gasteiger partial charge in [0.15, 0.2) is 9.84 Å². The zero-order valence-corrected chi connectivity index (χ0v) is 26.2. The van der Waals surface area contributed by atoms with Crippen LogP contribution in [-0.4, -0.2) is 8.42 Å². The first kappa shape index (κ1) is 33.1. The van der Waals surface area contributed by atoms with Crippen molar-refractivity contribution in [3.63, 3.8) is 0 Å². The van der Waals surface area contributed by atoms with Crippen LogP contribution in [0.2, 0.25) is 0 Å². The predicted octanol–water partition coefficient (Wildman–Crippen LogP) is 8.79. The summed E-state index contributed by atoms with van der Waals surface area (Å²) in [4.78, 5) is 0.204. The molecule has 4 aromatic rings. The van der Waals surface area contributed by atoms with Gasteiger partial charge in [0, 0.05) is 12.0 Å². The van der Waals surface area contributed by atoms with E-state index in [9.17, 15) is 21.6 Å². The van der Waals surface area contributed by atoms with Crippen LogP contribution in [0.25, 0.3) is 0 Å². The molecule has 0 spiro atoms. The topological polar surface area (TPSA) is 57.9 Å². The van der Waals surface area contributed by atoms with Gasteiger partial charge in [-0.05, 0) is 92.9 Å². The van der Waals surface area contributed by atoms with Gasteiger partial charge >= 0.3 is 6.18 Å². The minimum atomic E-state index is -4.39. The lowest BCUT2D eigenvalue weighted by Gasteiger charge is -2.22. The molecule has 0 aliphatic heterocycles. The molecule has 0 aromatic heterocycles. The molecular formula is C38H32F3NO2S. The number of hydrogen-bond acceptors (Lipinski definition) is 3. The normalized spacial score (nSPS) is 12.6. The van der Waals surface area contributed by atoms with Gasteiger partial charge in [-0.25, -0.2) is 8.42 Å². The molecule has 0 N–H and O–H groups in total. The lowest BCUT2D eigenvalue weighted by molar-refractivity contribution is -0.137. The van der Waals surface area contributed by atoms with Gasteiger partial charge in [-0.15, -0.1) is 0 Å². The van der Waals surface area contributed by atoms with E-state index < -0.39 is 37.7 Å². The highest BCUT2D eigenvalue weighted by atomic mass is 32.2. The summed E-state index contributed by atoms with van der Waals surface area (Å²) >= 11 is 0. The van der Waals surface area contributed by atoms with Crippen LogP contribution in [0, 0.1) is 35.0 Å². The lowest BCUT2D eigenvalue weighted by atomic mass is 9.80. The van der Waals surface area contributed by atoms with Crippen LogP contribution in [0.5, 0.6) is 0 Å². The monoisotopic (exact) mass is 623 g/mol. The third-order valence-corrected chi connectivity index (χ3v) is 9.72. The number of sulfone groups is 1. The molecule has 0 saturated heterocycles. The fraction of sp³-hybridized carbons (Fsp3) is 0.237. The molecule has 1 atom stereocenters. The molecule has 4 rings (SSSR count). The van der Waals surface area contributed by atoms with Crippen molar-refractivity contribution in [3.8, 4) is 29.8 Å². The summed E-state index contributed by atoms with van der Waals surface area (Å²) in [7, 11) is -3.75. The van der Waals surface area contributed by atoms with E-state index in [-0.39, 0.29) is 11.3 Å². The average molecular weight is 624 g/mol. The van der Waals surface area contributed by atoms with Gasteiger partial charge in [0.2, 0.25) is 0 Å². The van der Waals surface area contributed by atoms with Crippen LogP contribution in [-0.2, 0) is 26.8 Å². The smallest absolute Gasteiger partial charge is 0.223 e. The Balaban J connectivity index is 1.53. The molecule has 0 amide bonds. The van der Waals surface area contributed by atoms with Crippen LogP contribution in [0.3, 0.4) is 0 Å². The highest BCUT2D eigenvalue weighted by molar-refractivity contribution is 7.91. The minimum Gasteiger partial charge on any atom is -0.223 e. The summed E-state index contributed by atoms with van der Waals surface area (Å²) in [5.74, 6) is 12.7. The van der Waals surface area contributed by atoms with Gasteiger partial charge in [0.25, 0.3) is 0 Å². The van der Waals surface area contributed by atoms with Crippen LogP contribution in [0.15, 0.2) is 108 Å². The molecule has 0 fully saturated rings. The van der Waals surface area contributed by atoms with Crippen LogP contribution in [0.4, 0.5) is 13.2 Å². The molecule has 1 unspecified atom stereocenters. The molecule has 0 saturated carbocycles. The summed E-state index contributed by atoms with van der Waals surface area (Å²) in [5.41, 5.74) is 1.42. The number of benzene rings is 4.